The number of carbonyl (C=O) groups excluding carboxylic acids is 1. The van der Waals surface area contributed by atoms with Gasteiger partial charge in [0.15, 0.2) is 0 Å². The minimum Gasteiger partial charge on any atom is -0.370 e. The lowest BCUT2D eigenvalue weighted by Crippen LogP contribution is -2.23. The van der Waals surface area contributed by atoms with Crippen LogP contribution in [-0.2, 0) is 6.54 Å². The van der Waals surface area contributed by atoms with E-state index >= 15 is 0 Å². The number of nitrogens with zero attached hydrogens (tertiary/aromatic N) is 1. The fraction of sp³-hybridized carbons (Fsp3) is 0.200. The molecule has 104 valence electrons. The van der Waals surface area contributed by atoms with Gasteiger partial charge in [-0.15, -0.1) is 0 Å². The smallest absolute Gasteiger partial charge is 0.251 e. The number of anilines is 1. The molecule has 0 aliphatic carbocycles. The Hall–Kier alpha value is -1.88. The van der Waals surface area contributed by atoms with Crippen LogP contribution in [0.3, 0.4) is 0 Å². The zero-order valence-electron chi connectivity index (χ0n) is 11.2. The van der Waals surface area contributed by atoms with Crippen molar-refractivity contribution in [3.05, 3.63) is 58.2 Å². The summed E-state index contributed by atoms with van der Waals surface area (Å²) in [6, 6.07) is 11.3. The van der Waals surface area contributed by atoms with Gasteiger partial charge in [0.05, 0.1) is 0 Å². The number of carbonyl (C=O) groups is 1. The van der Waals surface area contributed by atoms with Gasteiger partial charge in [0, 0.05) is 29.3 Å². The summed E-state index contributed by atoms with van der Waals surface area (Å²) in [6.07, 6.45) is 1.63. The van der Waals surface area contributed by atoms with Crippen molar-refractivity contribution in [2.24, 2.45) is 0 Å². The lowest BCUT2D eigenvalue weighted by atomic mass is 10.2. The van der Waals surface area contributed by atoms with E-state index in [-0.39, 0.29) is 5.91 Å². The summed E-state index contributed by atoms with van der Waals surface area (Å²) in [5.74, 6) is 0.600. The molecule has 0 spiro atoms. The Balaban J connectivity index is 2.01. The highest BCUT2D eigenvalue weighted by molar-refractivity contribution is 9.10. The van der Waals surface area contributed by atoms with Crippen LogP contribution in [0.5, 0.6) is 0 Å². The zero-order valence-corrected chi connectivity index (χ0v) is 12.8. The molecule has 0 radical (unpaired) electrons. The van der Waals surface area contributed by atoms with E-state index < -0.39 is 0 Å². The summed E-state index contributed by atoms with van der Waals surface area (Å²) >= 11 is 3.46. The van der Waals surface area contributed by atoms with Crippen molar-refractivity contribution in [3.8, 4) is 0 Å². The van der Waals surface area contributed by atoms with Gasteiger partial charge in [0.25, 0.3) is 5.91 Å². The molecule has 1 amide bonds. The molecule has 5 heteroatoms. The number of benzene rings is 1. The maximum Gasteiger partial charge on any atom is 0.251 e. The summed E-state index contributed by atoms with van der Waals surface area (Å²) in [5, 5.41) is 5.99. The third kappa shape index (κ3) is 3.81. The average Bonchev–Trinajstić information content (AvgIpc) is 2.47. The number of pyridine rings is 1. The molecule has 0 aliphatic rings. The van der Waals surface area contributed by atoms with Gasteiger partial charge in [-0.05, 0) is 30.7 Å². The third-order valence-corrected chi connectivity index (χ3v) is 3.55. The molecule has 20 heavy (non-hydrogen) atoms. The Morgan fingerprint density at radius 3 is 2.85 bits per heavy atom. The minimum atomic E-state index is -0.109. The van der Waals surface area contributed by atoms with Gasteiger partial charge in [-0.1, -0.05) is 34.1 Å². The molecule has 1 heterocycles. The summed E-state index contributed by atoms with van der Waals surface area (Å²) in [4.78, 5) is 16.2. The lowest BCUT2D eigenvalue weighted by Gasteiger charge is -2.08. The van der Waals surface area contributed by atoms with Gasteiger partial charge >= 0.3 is 0 Å². The van der Waals surface area contributed by atoms with Gasteiger partial charge in [0.2, 0.25) is 0 Å². The number of amides is 1. The van der Waals surface area contributed by atoms with Crippen molar-refractivity contribution >= 4 is 27.7 Å². The Kier molecular flexibility index (Phi) is 5.12. The molecule has 0 aliphatic heterocycles. The topological polar surface area (TPSA) is 54.0 Å². The van der Waals surface area contributed by atoms with Crippen LogP contribution in [0.15, 0.2) is 47.1 Å². The van der Waals surface area contributed by atoms with E-state index in [0.29, 0.717) is 17.9 Å². The number of hydrogen-bond donors (Lipinski definition) is 2. The van der Waals surface area contributed by atoms with Crippen LogP contribution >= 0.6 is 15.9 Å². The maximum absolute atomic E-state index is 12.1. The second-order valence-corrected chi connectivity index (χ2v) is 5.09. The third-order valence-electron chi connectivity index (χ3n) is 2.78. The van der Waals surface area contributed by atoms with Crippen molar-refractivity contribution in [3.63, 3.8) is 0 Å². The van der Waals surface area contributed by atoms with Crippen molar-refractivity contribution in [1.29, 1.82) is 0 Å². The van der Waals surface area contributed by atoms with Gasteiger partial charge in [-0.3, -0.25) is 4.79 Å². The first-order valence-electron chi connectivity index (χ1n) is 6.42. The predicted molar refractivity (Wildman–Crippen MR) is 83.7 cm³/mol. The maximum atomic E-state index is 12.1. The Morgan fingerprint density at radius 2 is 2.10 bits per heavy atom. The monoisotopic (exact) mass is 333 g/mol. The molecule has 0 bridgehead atoms. The fourth-order valence-corrected chi connectivity index (χ4v) is 2.19. The number of nitrogens with one attached hydrogen (secondary N) is 2. The molecule has 4 nitrogen and oxygen atoms in total. The SMILES string of the molecule is CCNc1cc(C(=O)NCc2ccccc2Br)ccn1. The summed E-state index contributed by atoms with van der Waals surface area (Å²) in [7, 11) is 0. The fourth-order valence-electron chi connectivity index (χ4n) is 1.77. The van der Waals surface area contributed by atoms with Gasteiger partial charge in [-0.25, -0.2) is 4.98 Å². The van der Waals surface area contributed by atoms with Crippen molar-refractivity contribution < 1.29 is 4.79 Å². The minimum absolute atomic E-state index is 0.109. The Labute approximate surface area is 126 Å². The van der Waals surface area contributed by atoms with Crippen molar-refractivity contribution in [2.45, 2.75) is 13.5 Å². The van der Waals surface area contributed by atoms with Crippen LogP contribution in [0.4, 0.5) is 5.82 Å². The number of halogens is 1. The average molecular weight is 334 g/mol. The van der Waals surface area contributed by atoms with E-state index in [1.807, 2.05) is 31.2 Å². The molecule has 0 saturated carbocycles. The normalized spacial score (nSPS) is 10.1. The van der Waals surface area contributed by atoms with Gasteiger partial charge in [-0.2, -0.15) is 0 Å². The predicted octanol–water partition coefficient (Wildman–Crippen LogP) is 3.21. The molecule has 1 aromatic heterocycles. The first-order chi connectivity index (χ1) is 9.70. The molecule has 0 atom stereocenters. The molecule has 2 N–H and O–H groups in total. The first-order valence-corrected chi connectivity index (χ1v) is 7.21. The molecule has 0 unspecified atom stereocenters. The number of aromatic nitrogens is 1. The van der Waals surface area contributed by atoms with Crippen LogP contribution < -0.4 is 10.6 Å². The highest BCUT2D eigenvalue weighted by Crippen LogP contribution is 2.15. The quantitative estimate of drug-likeness (QED) is 0.883. The summed E-state index contributed by atoms with van der Waals surface area (Å²) in [5.41, 5.74) is 1.64. The lowest BCUT2D eigenvalue weighted by molar-refractivity contribution is 0.0951. The molecule has 1 aromatic carbocycles. The van der Waals surface area contributed by atoms with Crippen molar-refractivity contribution in [2.75, 3.05) is 11.9 Å². The van der Waals surface area contributed by atoms with Gasteiger partial charge < -0.3 is 10.6 Å². The van der Waals surface area contributed by atoms with Crippen LogP contribution in [-0.4, -0.2) is 17.4 Å². The molecule has 0 fully saturated rings. The van der Waals surface area contributed by atoms with E-state index in [4.69, 9.17) is 0 Å². The van der Waals surface area contributed by atoms with Crippen LogP contribution in [0.1, 0.15) is 22.8 Å². The zero-order chi connectivity index (χ0) is 14.4. The van der Waals surface area contributed by atoms with E-state index in [1.54, 1.807) is 18.3 Å². The van der Waals surface area contributed by atoms with E-state index in [1.165, 1.54) is 0 Å². The highest BCUT2D eigenvalue weighted by Gasteiger charge is 2.07. The molecule has 0 saturated heterocycles. The van der Waals surface area contributed by atoms with Crippen molar-refractivity contribution in [1.82, 2.24) is 10.3 Å². The highest BCUT2D eigenvalue weighted by atomic mass is 79.9. The van der Waals surface area contributed by atoms with E-state index in [9.17, 15) is 4.79 Å². The van der Waals surface area contributed by atoms with E-state index in [2.05, 4.69) is 31.5 Å². The first kappa shape index (κ1) is 14.5. The summed E-state index contributed by atoms with van der Waals surface area (Å²) in [6.45, 7) is 3.25. The van der Waals surface area contributed by atoms with Crippen LogP contribution in [0, 0.1) is 0 Å². The largest absolute Gasteiger partial charge is 0.370 e. The van der Waals surface area contributed by atoms with Gasteiger partial charge in [0.1, 0.15) is 5.82 Å². The Bertz CT molecular complexity index is 601. The van der Waals surface area contributed by atoms with Crippen LogP contribution in [0.2, 0.25) is 0 Å². The molecular formula is C15H16BrN3O. The second kappa shape index (κ2) is 7.05. The number of hydrogen-bond acceptors (Lipinski definition) is 3. The molecule has 2 rings (SSSR count). The Morgan fingerprint density at radius 1 is 1.30 bits per heavy atom. The molecule has 2 aromatic rings. The number of rotatable bonds is 5. The second-order valence-electron chi connectivity index (χ2n) is 4.23. The molecular weight excluding hydrogens is 318 g/mol. The van der Waals surface area contributed by atoms with Crippen LogP contribution in [0.25, 0.3) is 0 Å². The summed E-state index contributed by atoms with van der Waals surface area (Å²) < 4.78 is 0.989. The van der Waals surface area contributed by atoms with E-state index in [0.717, 1.165) is 16.6 Å². The standard InChI is InChI=1S/C15H16BrN3O/c1-2-17-14-9-11(7-8-18-14)15(20)19-10-12-5-3-4-6-13(12)16/h3-9H,2,10H2,1H3,(H,17,18)(H,19,20).